The van der Waals surface area contributed by atoms with Gasteiger partial charge >= 0.3 is 0 Å². The maximum atomic E-state index is 11.9. The fourth-order valence-electron chi connectivity index (χ4n) is 2.34. The van der Waals surface area contributed by atoms with Gasteiger partial charge in [-0.25, -0.2) is 12.7 Å². The summed E-state index contributed by atoms with van der Waals surface area (Å²) >= 11 is 0. The molecule has 1 saturated heterocycles. The SMILES string of the molecule is Cc1cnn(CC(=O)NC2CCCN(S(C)(=O)=O)C2)c1. The molecule has 0 aliphatic carbocycles. The molecule has 1 N–H and O–H groups in total. The summed E-state index contributed by atoms with van der Waals surface area (Å²) in [5.74, 6) is -0.145. The van der Waals surface area contributed by atoms with Gasteiger partial charge in [0.2, 0.25) is 15.9 Å². The van der Waals surface area contributed by atoms with Crippen LogP contribution in [0.3, 0.4) is 0 Å². The smallest absolute Gasteiger partial charge is 0.241 e. The Morgan fingerprint density at radius 2 is 2.30 bits per heavy atom. The molecular formula is C12H20N4O3S. The van der Waals surface area contributed by atoms with Crippen LogP contribution >= 0.6 is 0 Å². The number of nitrogens with one attached hydrogen (secondary N) is 1. The number of amides is 1. The second kappa shape index (κ2) is 5.92. The minimum Gasteiger partial charge on any atom is -0.350 e. The van der Waals surface area contributed by atoms with E-state index in [4.69, 9.17) is 0 Å². The van der Waals surface area contributed by atoms with Crippen LogP contribution in [0.5, 0.6) is 0 Å². The number of aromatic nitrogens is 2. The zero-order valence-electron chi connectivity index (χ0n) is 11.7. The lowest BCUT2D eigenvalue weighted by Gasteiger charge is -2.31. The summed E-state index contributed by atoms with van der Waals surface area (Å²) in [6.45, 7) is 2.95. The van der Waals surface area contributed by atoms with Gasteiger partial charge in [-0.3, -0.25) is 9.48 Å². The number of hydrogen-bond acceptors (Lipinski definition) is 4. The van der Waals surface area contributed by atoms with Gasteiger partial charge in [0.25, 0.3) is 0 Å². The molecule has 20 heavy (non-hydrogen) atoms. The van der Waals surface area contributed by atoms with Crippen LogP contribution in [0.25, 0.3) is 0 Å². The number of piperidine rings is 1. The van der Waals surface area contributed by atoms with E-state index in [1.54, 1.807) is 17.1 Å². The van der Waals surface area contributed by atoms with Crippen molar-refractivity contribution in [1.29, 1.82) is 0 Å². The van der Waals surface area contributed by atoms with Crippen molar-refractivity contribution in [2.75, 3.05) is 19.3 Å². The molecule has 112 valence electrons. The third kappa shape index (κ3) is 4.04. The van der Waals surface area contributed by atoms with E-state index in [-0.39, 0.29) is 18.5 Å². The molecule has 0 saturated carbocycles. The van der Waals surface area contributed by atoms with Crippen molar-refractivity contribution in [2.45, 2.75) is 32.4 Å². The van der Waals surface area contributed by atoms with E-state index in [1.165, 1.54) is 10.6 Å². The number of carbonyl (C=O) groups is 1. The van der Waals surface area contributed by atoms with Crippen LogP contribution in [-0.4, -0.2) is 53.8 Å². The highest BCUT2D eigenvalue weighted by Gasteiger charge is 2.26. The molecule has 1 aliphatic heterocycles. The molecule has 7 nitrogen and oxygen atoms in total. The van der Waals surface area contributed by atoms with E-state index < -0.39 is 10.0 Å². The van der Waals surface area contributed by atoms with Crippen molar-refractivity contribution in [3.05, 3.63) is 18.0 Å². The van der Waals surface area contributed by atoms with Crippen LogP contribution in [0.1, 0.15) is 18.4 Å². The first-order chi connectivity index (χ1) is 9.34. The van der Waals surface area contributed by atoms with Gasteiger partial charge in [-0.05, 0) is 25.3 Å². The van der Waals surface area contributed by atoms with Gasteiger partial charge in [0.1, 0.15) is 6.54 Å². The zero-order chi connectivity index (χ0) is 14.8. The van der Waals surface area contributed by atoms with Gasteiger partial charge in [0, 0.05) is 25.3 Å². The van der Waals surface area contributed by atoms with Crippen molar-refractivity contribution in [2.24, 2.45) is 0 Å². The van der Waals surface area contributed by atoms with E-state index in [1.807, 2.05) is 6.92 Å². The van der Waals surface area contributed by atoms with Crippen LogP contribution < -0.4 is 5.32 Å². The Bertz CT molecular complexity index is 581. The third-order valence-corrected chi connectivity index (χ3v) is 4.56. The Kier molecular flexibility index (Phi) is 4.44. The van der Waals surface area contributed by atoms with Crippen LogP contribution in [0.2, 0.25) is 0 Å². The number of aryl methyl sites for hydroxylation is 1. The van der Waals surface area contributed by atoms with Gasteiger partial charge in [0.15, 0.2) is 0 Å². The molecule has 1 fully saturated rings. The molecule has 1 aromatic rings. The summed E-state index contributed by atoms with van der Waals surface area (Å²) in [6.07, 6.45) is 6.25. The molecule has 2 heterocycles. The molecular weight excluding hydrogens is 280 g/mol. The van der Waals surface area contributed by atoms with E-state index in [0.29, 0.717) is 13.1 Å². The number of hydrogen-bond donors (Lipinski definition) is 1. The Morgan fingerprint density at radius 3 is 2.90 bits per heavy atom. The van der Waals surface area contributed by atoms with Crippen LogP contribution in [0.4, 0.5) is 0 Å². The Balaban J connectivity index is 1.88. The van der Waals surface area contributed by atoms with Crippen molar-refractivity contribution in [3.8, 4) is 0 Å². The topological polar surface area (TPSA) is 84.3 Å². The highest BCUT2D eigenvalue weighted by molar-refractivity contribution is 7.88. The molecule has 1 aliphatic rings. The van der Waals surface area contributed by atoms with E-state index >= 15 is 0 Å². The van der Waals surface area contributed by atoms with Gasteiger partial charge < -0.3 is 5.32 Å². The minimum atomic E-state index is -3.19. The quantitative estimate of drug-likeness (QED) is 0.830. The zero-order valence-corrected chi connectivity index (χ0v) is 12.6. The number of rotatable bonds is 4. The monoisotopic (exact) mass is 300 g/mol. The predicted molar refractivity (Wildman–Crippen MR) is 74.5 cm³/mol. The minimum absolute atomic E-state index is 0.123. The molecule has 1 atom stereocenters. The van der Waals surface area contributed by atoms with E-state index in [9.17, 15) is 13.2 Å². The number of nitrogens with zero attached hydrogens (tertiary/aromatic N) is 3. The molecule has 8 heteroatoms. The predicted octanol–water partition coefficient (Wildman–Crippen LogP) is -0.268. The first-order valence-electron chi connectivity index (χ1n) is 6.58. The Hall–Kier alpha value is -1.41. The maximum absolute atomic E-state index is 11.9. The van der Waals surface area contributed by atoms with Crippen molar-refractivity contribution >= 4 is 15.9 Å². The molecule has 0 bridgehead atoms. The Morgan fingerprint density at radius 1 is 1.55 bits per heavy atom. The Labute approximate surface area is 119 Å². The lowest BCUT2D eigenvalue weighted by molar-refractivity contribution is -0.122. The molecule has 1 aromatic heterocycles. The summed E-state index contributed by atoms with van der Waals surface area (Å²) in [4.78, 5) is 11.9. The standard InChI is InChI=1S/C12H20N4O3S/c1-10-6-13-15(7-10)9-12(17)14-11-4-3-5-16(8-11)20(2,18)19/h6-7,11H,3-5,8-9H2,1-2H3,(H,14,17). The lowest BCUT2D eigenvalue weighted by Crippen LogP contribution is -2.49. The van der Waals surface area contributed by atoms with Crippen molar-refractivity contribution in [1.82, 2.24) is 19.4 Å². The number of sulfonamides is 1. The van der Waals surface area contributed by atoms with Crippen LogP contribution in [-0.2, 0) is 21.4 Å². The van der Waals surface area contributed by atoms with Gasteiger partial charge in [0.05, 0.1) is 12.5 Å². The summed E-state index contributed by atoms with van der Waals surface area (Å²) in [5, 5.41) is 6.93. The fraction of sp³-hybridized carbons (Fsp3) is 0.667. The molecule has 0 radical (unpaired) electrons. The normalized spacial score (nSPS) is 20.8. The molecule has 1 unspecified atom stereocenters. The largest absolute Gasteiger partial charge is 0.350 e. The van der Waals surface area contributed by atoms with Crippen molar-refractivity contribution in [3.63, 3.8) is 0 Å². The maximum Gasteiger partial charge on any atom is 0.241 e. The van der Waals surface area contributed by atoms with Crippen LogP contribution in [0, 0.1) is 6.92 Å². The van der Waals surface area contributed by atoms with Gasteiger partial charge in [-0.15, -0.1) is 0 Å². The molecule has 0 aromatic carbocycles. The van der Waals surface area contributed by atoms with Gasteiger partial charge in [-0.1, -0.05) is 0 Å². The highest BCUT2D eigenvalue weighted by atomic mass is 32.2. The van der Waals surface area contributed by atoms with E-state index in [0.717, 1.165) is 18.4 Å². The molecule has 1 amide bonds. The van der Waals surface area contributed by atoms with Gasteiger partial charge in [-0.2, -0.15) is 5.10 Å². The molecule has 2 rings (SSSR count). The summed E-state index contributed by atoms with van der Waals surface area (Å²) in [7, 11) is -3.19. The summed E-state index contributed by atoms with van der Waals surface area (Å²) < 4.78 is 26.0. The average Bonchev–Trinajstić information content (AvgIpc) is 2.73. The van der Waals surface area contributed by atoms with Crippen LogP contribution in [0.15, 0.2) is 12.4 Å². The summed E-state index contributed by atoms with van der Waals surface area (Å²) in [6, 6.07) is -0.123. The summed E-state index contributed by atoms with van der Waals surface area (Å²) in [5.41, 5.74) is 0.999. The number of carbonyl (C=O) groups excluding carboxylic acids is 1. The second-order valence-corrected chi connectivity index (χ2v) is 7.23. The third-order valence-electron chi connectivity index (χ3n) is 3.29. The fourth-order valence-corrected chi connectivity index (χ4v) is 3.25. The molecule has 0 spiro atoms. The van der Waals surface area contributed by atoms with E-state index in [2.05, 4.69) is 10.4 Å². The first-order valence-corrected chi connectivity index (χ1v) is 8.43. The first kappa shape index (κ1) is 15.0. The van der Waals surface area contributed by atoms with Crippen molar-refractivity contribution < 1.29 is 13.2 Å². The highest BCUT2D eigenvalue weighted by Crippen LogP contribution is 2.13. The second-order valence-electron chi connectivity index (χ2n) is 5.24. The lowest BCUT2D eigenvalue weighted by atomic mass is 10.1. The average molecular weight is 300 g/mol.